The van der Waals surface area contributed by atoms with Crippen LogP contribution in [0.5, 0.6) is 5.75 Å². The molecule has 43 heavy (non-hydrogen) atoms. The van der Waals surface area contributed by atoms with E-state index in [-0.39, 0.29) is 48.1 Å². The van der Waals surface area contributed by atoms with Gasteiger partial charge < -0.3 is 35.5 Å². The topological polar surface area (TPSA) is 202 Å². The third-order valence-electron chi connectivity index (χ3n) is 7.23. The maximum absolute atomic E-state index is 13.9. The van der Waals surface area contributed by atoms with E-state index in [1.54, 1.807) is 48.7 Å². The van der Waals surface area contributed by atoms with E-state index < -0.39 is 30.1 Å². The van der Waals surface area contributed by atoms with Crippen LogP contribution in [0.1, 0.15) is 15.9 Å². The Kier molecular flexibility index (Phi) is 7.13. The smallest absolute Gasteiger partial charge is 0.260 e. The lowest BCUT2D eigenvalue weighted by molar-refractivity contribution is -0.157. The van der Waals surface area contributed by atoms with Gasteiger partial charge in [0.15, 0.2) is 23.3 Å². The molecule has 0 radical (unpaired) electrons. The molecule has 2 amide bonds. The molecular formula is C29H27N7O7. The normalized spacial score (nSPS) is 16.7. The van der Waals surface area contributed by atoms with Crippen molar-refractivity contribution in [1.29, 1.82) is 0 Å². The number of nitrogens with zero attached hydrogens (tertiary/aromatic N) is 4. The number of fused-ring (bicyclic) bond motifs is 1. The third-order valence-corrected chi connectivity index (χ3v) is 7.23. The molecule has 1 saturated heterocycles. The van der Waals surface area contributed by atoms with Gasteiger partial charge in [-0.15, -0.1) is 5.10 Å². The van der Waals surface area contributed by atoms with E-state index >= 15 is 0 Å². The van der Waals surface area contributed by atoms with Crippen molar-refractivity contribution >= 4 is 34.4 Å². The second-order valence-electron chi connectivity index (χ2n) is 10.1. The fourth-order valence-electron chi connectivity index (χ4n) is 5.08. The Morgan fingerprint density at radius 1 is 1.16 bits per heavy atom. The van der Waals surface area contributed by atoms with E-state index in [1.807, 2.05) is 0 Å². The molecule has 1 fully saturated rings. The number of nitrogen functional groups attached to an aromatic ring is 1. The Morgan fingerprint density at radius 2 is 2.00 bits per heavy atom. The molecule has 5 aromatic rings. The number of amides is 2. The zero-order valence-corrected chi connectivity index (χ0v) is 22.6. The largest absolute Gasteiger partial charge is 0.507 e. The molecule has 6 rings (SSSR count). The number of benzene rings is 2. The number of H-pyrrole nitrogens is 1. The molecule has 0 aliphatic carbocycles. The number of morpholine rings is 1. The summed E-state index contributed by atoms with van der Waals surface area (Å²) in [6, 6.07) is 15.7. The first-order valence-corrected chi connectivity index (χ1v) is 13.3. The van der Waals surface area contributed by atoms with Crippen LogP contribution in [0.2, 0.25) is 0 Å². The molecule has 1 unspecified atom stereocenters. The number of ether oxygens (including phenoxy) is 1. The molecule has 4 heterocycles. The maximum Gasteiger partial charge on any atom is 0.260 e. The van der Waals surface area contributed by atoms with E-state index in [0.29, 0.717) is 22.2 Å². The van der Waals surface area contributed by atoms with Gasteiger partial charge in [-0.1, -0.05) is 23.4 Å². The van der Waals surface area contributed by atoms with Crippen molar-refractivity contribution in [3.63, 3.8) is 0 Å². The SMILES string of the molecule is Nc1noc2cc(CC(O)(CNC(=O)c3ccccc3O)[C@H]3OCCN(c4ccn(-c5cc[nH]c(=O)c5)n4)C3=O)ccc12. The maximum atomic E-state index is 13.9. The van der Waals surface area contributed by atoms with Crippen LogP contribution in [0.3, 0.4) is 0 Å². The van der Waals surface area contributed by atoms with Gasteiger partial charge >= 0.3 is 0 Å². The lowest BCUT2D eigenvalue weighted by Gasteiger charge is -2.40. The predicted molar refractivity (Wildman–Crippen MR) is 154 cm³/mol. The van der Waals surface area contributed by atoms with Crippen molar-refractivity contribution in [3.8, 4) is 11.4 Å². The van der Waals surface area contributed by atoms with E-state index in [1.165, 1.54) is 34.0 Å². The van der Waals surface area contributed by atoms with E-state index in [0.717, 1.165) is 0 Å². The van der Waals surface area contributed by atoms with Crippen molar-refractivity contribution < 1.29 is 29.1 Å². The number of hydrogen-bond acceptors (Lipinski definition) is 10. The van der Waals surface area contributed by atoms with Crippen LogP contribution < -0.4 is 21.5 Å². The fourth-order valence-corrected chi connectivity index (χ4v) is 5.08. The number of nitrogens with two attached hydrogens (primary N) is 1. The van der Waals surface area contributed by atoms with Crippen molar-refractivity contribution in [2.24, 2.45) is 0 Å². The van der Waals surface area contributed by atoms with Crippen molar-refractivity contribution in [2.45, 2.75) is 18.1 Å². The first kappa shape index (κ1) is 27.7. The van der Waals surface area contributed by atoms with E-state index in [2.05, 4.69) is 20.6 Å². The highest BCUT2D eigenvalue weighted by molar-refractivity contribution is 5.98. The summed E-state index contributed by atoms with van der Waals surface area (Å²) in [5.41, 5.74) is 5.03. The van der Waals surface area contributed by atoms with Gasteiger partial charge in [-0.25, -0.2) is 4.68 Å². The van der Waals surface area contributed by atoms with Gasteiger partial charge in [-0.2, -0.15) is 0 Å². The Balaban J connectivity index is 1.30. The molecule has 14 nitrogen and oxygen atoms in total. The van der Waals surface area contributed by atoms with Gasteiger partial charge in [0.05, 0.1) is 36.3 Å². The van der Waals surface area contributed by atoms with Crippen molar-refractivity contribution in [1.82, 2.24) is 25.2 Å². The molecule has 0 spiro atoms. The highest BCUT2D eigenvalue weighted by Crippen LogP contribution is 2.29. The summed E-state index contributed by atoms with van der Waals surface area (Å²) in [5, 5.41) is 33.7. The van der Waals surface area contributed by atoms with Gasteiger partial charge in [0, 0.05) is 30.9 Å². The van der Waals surface area contributed by atoms with Crippen LogP contribution in [0.4, 0.5) is 11.6 Å². The van der Waals surface area contributed by atoms with Crippen LogP contribution in [0.15, 0.2) is 82.4 Å². The summed E-state index contributed by atoms with van der Waals surface area (Å²) >= 11 is 0. The molecule has 14 heteroatoms. The van der Waals surface area contributed by atoms with Crippen LogP contribution in [-0.4, -0.2) is 73.3 Å². The summed E-state index contributed by atoms with van der Waals surface area (Å²) in [6.45, 7) is -0.171. The monoisotopic (exact) mass is 585 g/mol. The van der Waals surface area contributed by atoms with Gasteiger partial charge in [0.25, 0.3) is 11.8 Å². The van der Waals surface area contributed by atoms with Crippen molar-refractivity contribution in [3.05, 3.63) is 94.5 Å². The van der Waals surface area contributed by atoms with E-state index in [9.17, 15) is 24.6 Å². The number of phenolic OH excluding ortho intramolecular Hbond substituents is 1. The number of carbonyl (C=O) groups is 2. The Hall–Kier alpha value is -5.47. The second kappa shape index (κ2) is 11.1. The summed E-state index contributed by atoms with van der Waals surface area (Å²) in [7, 11) is 0. The quantitative estimate of drug-likeness (QED) is 0.176. The molecule has 2 atom stereocenters. The molecule has 220 valence electrons. The zero-order chi connectivity index (χ0) is 30.1. The standard InChI is InChI=1S/C29H27N7O7/c30-26-20-6-5-17(13-22(20)43-34-26)15-29(41,16-32-27(39)19-3-1-2-4-21(19)37)25-28(40)35(11-12-42-25)23-8-10-36(33-23)18-7-9-31-24(38)14-18/h1-10,13-14,25,37,41H,11-12,15-16H2,(H2,30,34)(H,31,38)(H,32,39)/t25-,29?/m0/s1. The highest BCUT2D eigenvalue weighted by Gasteiger charge is 2.47. The predicted octanol–water partition coefficient (Wildman–Crippen LogP) is 1.13. The number of aromatic hydroxyl groups is 1. The molecule has 2 aromatic carbocycles. The molecule has 3 aromatic heterocycles. The van der Waals surface area contributed by atoms with Gasteiger partial charge in [0.2, 0.25) is 5.56 Å². The molecule has 0 bridgehead atoms. The van der Waals surface area contributed by atoms with Gasteiger partial charge in [0.1, 0.15) is 11.4 Å². The van der Waals surface area contributed by atoms with Crippen LogP contribution in [-0.2, 0) is 16.0 Å². The minimum atomic E-state index is -1.95. The number of carbonyl (C=O) groups excluding carboxylic acids is 2. The zero-order valence-electron chi connectivity index (χ0n) is 22.6. The second-order valence-corrected chi connectivity index (χ2v) is 10.1. The Bertz CT molecular complexity index is 1880. The van der Waals surface area contributed by atoms with Crippen LogP contribution in [0, 0.1) is 0 Å². The summed E-state index contributed by atoms with van der Waals surface area (Å²) in [4.78, 5) is 42.5. The van der Waals surface area contributed by atoms with E-state index in [4.69, 9.17) is 15.0 Å². The Labute approximate surface area is 243 Å². The first-order chi connectivity index (χ1) is 20.7. The number of hydrogen-bond donors (Lipinski definition) is 5. The van der Waals surface area contributed by atoms with Crippen LogP contribution >= 0.6 is 0 Å². The molecule has 1 aliphatic rings. The minimum absolute atomic E-state index is 0.00575. The third kappa shape index (κ3) is 5.43. The highest BCUT2D eigenvalue weighted by atomic mass is 16.5. The number of pyridine rings is 1. The minimum Gasteiger partial charge on any atom is -0.507 e. The first-order valence-electron chi connectivity index (χ1n) is 13.3. The molecule has 6 N–H and O–H groups in total. The lowest BCUT2D eigenvalue weighted by Crippen LogP contribution is -2.63. The number of para-hydroxylation sites is 1. The summed E-state index contributed by atoms with van der Waals surface area (Å²) in [6.07, 6.45) is 1.56. The number of aliphatic hydroxyl groups is 1. The fraction of sp³-hybridized carbons (Fsp3) is 0.207. The molecule has 1 aliphatic heterocycles. The Morgan fingerprint density at radius 3 is 2.81 bits per heavy atom. The number of anilines is 2. The molecule has 0 saturated carbocycles. The number of aromatic nitrogens is 4. The van der Waals surface area contributed by atoms with Gasteiger partial charge in [-0.05, 0) is 35.9 Å². The molecular weight excluding hydrogens is 558 g/mol. The van der Waals surface area contributed by atoms with Crippen molar-refractivity contribution in [2.75, 3.05) is 30.3 Å². The number of nitrogens with one attached hydrogen (secondary N) is 2. The van der Waals surface area contributed by atoms with Gasteiger partial charge in [-0.3, -0.25) is 19.3 Å². The number of rotatable bonds is 8. The van der Waals surface area contributed by atoms with Crippen LogP contribution in [0.25, 0.3) is 16.7 Å². The summed E-state index contributed by atoms with van der Waals surface area (Å²) < 4.78 is 12.6. The number of phenols is 1. The number of aromatic amines is 1. The summed E-state index contributed by atoms with van der Waals surface area (Å²) in [5.74, 6) is -0.951. The lowest BCUT2D eigenvalue weighted by atomic mass is 9.86. The average molecular weight is 586 g/mol. The average Bonchev–Trinajstić information content (AvgIpc) is 3.63.